The number of nitrogens with one attached hydrogen (secondary N) is 3. The monoisotopic (exact) mass is 489 g/mol. The number of hydrogen-bond acceptors (Lipinski definition) is 4. The molecule has 2 aliphatic carbocycles. The number of benzene rings is 4. The molecule has 180 valence electrons. The van der Waals surface area contributed by atoms with Crippen molar-refractivity contribution in [3.63, 3.8) is 0 Å². The molecule has 0 radical (unpaired) electrons. The summed E-state index contributed by atoms with van der Waals surface area (Å²) >= 11 is 1.58. The fourth-order valence-electron chi connectivity index (χ4n) is 6.52. The minimum absolute atomic E-state index is 0.00195. The summed E-state index contributed by atoms with van der Waals surface area (Å²) in [7, 11) is 0. The molecule has 0 amide bonds. The van der Waals surface area contributed by atoms with E-state index >= 15 is 0 Å². The van der Waals surface area contributed by atoms with Gasteiger partial charge < -0.3 is 0 Å². The van der Waals surface area contributed by atoms with Crippen LogP contribution in [0.25, 0.3) is 22.3 Å². The van der Waals surface area contributed by atoms with Gasteiger partial charge in [0.25, 0.3) is 0 Å². The first-order valence-electron chi connectivity index (χ1n) is 12.8. The zero-order valence-corrected chi connectivity index (χ0v) is 22.0. The fraction of sp³-hybridized carbons (Fsp3) is 0.250. The molecule has 0 bridgehead atoms. The van der Waals surface area contributed by atoms with Crippen LogP contribution in [0.3, 0.4) is 0 Å². The Labute approximate surface area is 218 Å². The Kier molecular flexibility index (Phi) is 4.84. The van der Waals surface area contributed by atoms with E-state index in [9.17, 15) is 0 Å². The molecule has 1 saturated heterocycles. The van der Waals surface area contributed by atoms with E-state index in [1.54, 1.807) is 12.1 Å². The molecule has 4 heteroatoms. The molecule has 0 spiro atoms. The fourth-order valence-corrected chi connectivity index (χ4v) is 7.23. The largest absolute Gasteiger partial charge is 0.277 e. The maximum absolute atomic E-state index is 3.82. The van der Waals surface area contributed by atoms with Gasteiger partial charge in [-0.1, -0.05) is 113 Å². The van der Waals surface area contributed by atoms with Crippen molar-refractivity contribution in [2.24, 2.45) is 0 Å². The SMILES string of the molecule is CC1(C)c2ccccc2-c2ccc(C3NSNC(c4ccc5c(c4)C(C)(C)c4ccccc4-5)N3)cc21. The number of hydrogen-bond donors (Lipinski definition) is 3. The second-order valence-corrected chi connectivity index (χ2v) is 12.0. The normalized spacial score (nSPS) is 22.4. The Bertz CT molecular complexity index is 1410. The van der Waals surface area contributed by atoms with Gasteiger partial charge in [0, 0.05) is 23.0 Å². The molecule has 0 aromatic heterocycles. The van der Waals surface area contributed by atoms with Crippen molar-refractivity contribution in [3.8, 4) is 22.3 Å². The summed E-state index contributed by atoms with van der Waals surface area (Å²) in [6.07, 6.45) is 0.0917. The van der Waals surface area contributed by atoms with Crippen molar-refractivity contribution in [1.82, 2.24) is 14.8 Å². The highest BCUT2D eigenvalue weighted by Crippen LogP contribution is 2.50. The summed E-state index contributed by atoms with van der Waals surface area (Å²) in [4.78, 5) is 0. The van der Waals surface area contributed by atoms with Gasteiger partial charge in [-0.25, -0.2) is 9.44 Å². The molecule has 4 aromatic rings. The molecule has 1 fully saturated rings. The van der Waals surface area contributed by atoms with Crippen molar-refractivity contribution >= 4 is 12.1 Å². The van der Waals surface area contributed by atoms with Crippen LogP contribution in [-0.4, -0.2) is 0 Å². The molecule has 3 nitrogen and oxygen atoms in total. The zero-order chi connectivity index (χ0) is 24.7. The van der Waals surface area contributed by atoms with E-state index in [0.717, 1.165) is 0 Å². The van der Waals surface area contributed by atoms with Gasteiger partial charge in [0.2, 0.25) is 0 Å². The molecule has 0 saturated carbocycles. The Morgan fingerprint density at radius 2 is 0.944 bits per heavy atom. The molecule has 36 heavy (non-hydrogen) atoms. The van der Waals surface area contributed by atoms with Crippen molar-refractivity contribution in [3.05, 3.63) is 118 Å². The standard InChI is InChI=1S/C32H31N3S/c1-31(2)25-11-7-5-9-21(25)23-15-13-19(17-27(23)31)29-33-30(35-36-34-29)20-14-16-24-22-10-6-8-12-26(22)32(3,4)28(24)18-20/h5-18,29-30,33-35H,1-4H3. The summed E-state index contributed by atoms with van der Waals surface area (Å²) in [6, 6.07) is 31.6. The minimum Gasteiger partial charge on any atom is -0.277 e. The predicted octanol–water partition coefficient (Wildman–Crippen LogP) is 7.34. The van der Waals surface area contributed by atoms with Gasteiger partial charge in [-0.15, -0.1) is 0 Å². The summed E-state index contributed by atoms with van der Waals surface area (Å²) in [5.41, 5.74) is 13.6. The predicted molar refractivity (Wildman–Crippen MR) is 150 cm³/mol. The zero-order valence-electron chi connectivity index (χ0n) is 21.1. The highest BCUT2D eigenvalue weighted by molar-refractivity contribution is 7.95. The molecular formula is C32H31N3S. The third-order valence-electron chi connectivity index (χ3n) is 8.57. The average Bonchev–Trinajstić information content (AvgIpc) is 3.28. The lowest BCUT2D eigenvalue weighted by Crippen LogP contribution is -2.45. The first kappa shape index (κ1) is 22.3. The molecule has 2 unspecified atom stereocenters. The van der Waals surface area contributed by atoms with Crippen LogP contribution in [0.1, 0.15) is 73.4 Å². The van der Waals surface area contributed by atoms with Crippen LogP contribution in [0.5, 0.6) is 0 Å². The molecule has 1 aliphatic heterocycles. The topological polar surface area (TPSA) is 36.1 Å². The molecule has 3 N–H and O–H groups in total. The number of fused-ring (bicyclic) bond motifs is 6. The van der Waals surface area contributed by atoms with E-state index < -0.39 is 0 Å². The Morgan fingerprint density at radius 3 is 1.42 bits per heavy atom. The third kappa shape index (κ3) is 3.12. The van der Waals surface area contributed by atoms with E-state index in [-0.39, 0.29) is 23.2 Å². The van der Waals surface area contributed by atoms with Crippen molar-refractivity contribution in [2.75, 3.05) is 0 Å². The molecule has 1 heterocycles. The summed E-state index contributed by atoms with van der Waals surface area (Å²) in [5.74, 6) is 0. The van der Waals surface area contributed by atoms with Crippen LogP contribution < -0.4 is 14.8 Å². The van der Waals surface area contributed by atoms with Gasteiger partial charge in [0.15, 0.2) is 0 Å². The van der Waals surface area contributed by atoms with Gasteiger partial charge in [0.1, 0.15) is 0 Å². The second kappa shape index (κ2) is 7.80. The lowest BCUT2D eigenvalue weighted by Gasteiger charge is -2.34. The van der Waals surface area contributed by atoms with Crippen molar-refractivity contribution in [2.45, 2.75) is 50.9 Å². The van der Waals surface area contributed by atoms with Crippen molar-refractivity contribution < 1.29 is 0 Å². The maximum atomic E-state index is 3.82. The van der Waals surface area contributed by atoms with Crippen LogP contribution >= 0.6 is 12.1 Å². The molecule has 7 rings (SSSR count). The van der Waals surface area contributed by atoms with Gasteiger partial charge >= 0.3 is 0 Å². The van der Waals surface area contributed by atoms with Crippen LogP contribution in [0.4, 0.5) is 0 Å². The highest BCUT2D eigenvalue weighted by atomic mass is 32.2. The number of rotatable bonds is 2. The highest BCUT2D eigenvalue weighted by Gasteiger charge is 2.37. The summed E-state index contributed by atoms with van der Waals surface area (Å²) < 4.78 is 7.10. The molecular weight excluding hydrogens is 458 g/mol. The lowest BCUT2D eigenvalue weighted by molar-refractivity contribution is 0.401. The van der Waals surface area contributed by atoms with E-state index in [1.165, 1.54) is 55.6 Å². The van der Waals surface area contributed by atoms with Gasteiger partial charge in [-0.3, -0.25) is 5.32 Å². The van der Waals surface area contributed by atoms with Crippen LogP contribution in [0.15, 0.2) is 84.9 Å². The molecule has 2 atom stereocenters. The maximum Gasteiger partial charge on any atom is 0.0953 e. The second-order valence-electron chi connectivity index (χ2n) is 11.3. The van der Waals surface area contributed by atoms with Gasteiger partial charge in [0.05, 0.1) is 12.3 Å². The quantitative estimate of drug-likeness (QED) is 0.257. The molecule has 3 aliphatic rings. The van der Waals surface area contributed by atoms with E-state index in [1.807, 2.05) is 0 Å². The Morgan fingerprint density at radius 1 is 0.528 bits per heavy atom. The van der Waals surface area contributed by atoms with Crippen molar-refractivity contribution in [1.29, 1.82) is 0 Å². The Balaban J connectivity index is 1.20. The van der Waals surface area contributed by atoms with Gasteiger partial charge in [-0.05, 0) is 55.6 Å². The smallest absolute Gasteiger partial charge is 0.0953 e. The summed E-state index contributed by atoms with van der Waals surface area (Å²) in [5, 5.41) is 3.82. The van der Waals surface area contributed by atoms with E-state index in [0.29, 0.717) is 0 Å². The Hall–Kier alpha value is -2.89. The van der Waals surface area contributed by atoms with Gasteiger partial charge in [-0.2, -0.15) is 0 Å². The summed E-state index contributed by atoms with van der Waals surface area (Å²) in [6.45, 7) is 9.36. The first-order chi connectivity index (χ1) is 17.4. The van der Waals surface area contributed by atoms with E-state index in [2.05, 4.69) is 127 Å². The average molecular weight is 490 g/mol. The van der Waals surface area contributed by atoms with Crippen LogP contribution in [0, 0.1) is 0 Å². The minimum atomic E-state index is 0.00195. The third-order valence-corrected chi connectivity index (χ3v) is 9.28. The van der Waals surface area contributed by atoms with E-state index in [4.69, 9.17) is 0 Å². The lowest BCUT2D eigenvalue weighted by atomic mass is 9.81. The first-order valence-corrected chi connectivity index (χ1v) is 13.6. The molecule has 4 aromatic carbocycles. The van der Waals surface area contributed by atoms with Crippen LogP contribution in [0.2, 0.25) is 0 Å². The van der Waals surface area contributed by atoms with Crippen LogP contribution in [-0.2, 0) is 10.8 Å².